The Balaban J connectivity index is 2.91. The second-order valence-electron chi connectivity index (χ2n) is 5.56. The Morgan fingerprint density at radius 2 is 2.05 bits per heavy atom. The molecule has 0 aliphatic carbocycles. The average Bonchev–Trinajstić information content (AvgIpc) is 2.38. The molecule has 0 fully saturated rings. The molecule has 0 unspecified atom stereocenters. The predicted octanol–water partition coefficient (Wildman–Crippen LogP) is 1.95. The number of benzene rings is 1. The van der Waals surface area contributed by atoms with Gasteiger partial charge in [-0.2, -0.15) is 0 Å². The number of nitrogens with zero attached hydrogens (tertiary/aromatic N) is 1. The van der Waals surface area contributed by atoms with Crippen molar-refractivity contribution in [2.45, 2.75) is 27.3 Å². The van der Waals surface area contributed by atoms with Crippen LogP contribution in [0.1, 0.15) is 25.0 Å². The van der Waals surface area contributed by atoms with Crippen molar-refractivity contribution in [3.8, 4) is 5.75 Å². The van der Waals surface area contributed by atoms with Crippen LogP contribution in [0.3, 0.4) is 0 Å². The molecule has 0 saturated heterocycles. The first-order valence-electron chi connectivity index (χ1n) is 6.41. The lowest BCUT2D eigenvalue weighted by Gasteiger charge is -2.28. The van der Waals surface area contributed by atoms with Gasteiger partial charge in [0.15, 0.2) is 0 Å². The topological polar surface area (TPSA) is 55.6 Å². The summed E-state index contributed by atoms with van der Waals surface area (Å²) in [6, 6.07) is 5.96. The van der Waals surface area contributed by atoms with E-state index in [0.29, 0.717) is 13.1 Å². The highest BCUT2D eigenvalue weighted by Crippen LogP contribution is 2.23. The number of rotatable bonds is 5. The summed E-state index contributed by atoms with van der Waals surface area (Å²) in [7, 11) is 3.43. The number of carbonyl (C=O) groups excluding carboxylic acids is 1. The minimum Gasteiger partial charge on any atom is -0.496 e. The van der Waals surface area contributed by atoms with Crippen LogP contribution in [-0.2, 0) is 11.3 Å². The number of methoxy groups -OCH3 is 1. The molecule has 0 atom stereocenters. The van der Waals surface area contributed by atoms with Crippen molar-refractivity contribution in [2.24, 2.45) is 11.1 Å². The lowest BCUT2D eigenvalue weighted by molar-refractivity contribution is -0.139. The Labute approximate surface area is 115 Å². The lowest BCUT2D eigenvalue weighted by atomic mass is 9.92. The normalized spacial score (nSPS) is 11.3. The number of aryl methyl sites for hydroxylation is 1. The number of amides is 1. The predicted molar refractivity (Wildman–Crippen MR) is 77.0 cm³/mol. The van der Waals surface area contributed by atoms with Crippen LogP contribution < -0.4 is 10.5 Å². The van der Waals surface area contributed by atoms with Gasteiger partial charge in [-0.05, 0) is 26.8 Å². The number of hydrogen-bond donors (Lipinski definition) is 1. The van der Waals surface area contributed by atoms with Crippen LogP contribution in [0.4, 0.5) is 0 Å². The summed E-state index contributed by atoms with van der Waals surface area (Å²) >= 11 is 0. The number of hydrogen-bond acceptors (Lipinski definition) is 3. The van der Waals surface area contributed by atoms with Gasteiger partial charge in [-0.15, -0.1) is 0 Å². The zero-order valence-electron chi connectivity index (χ0n) is 12.5. The van der Waals surface area contributed by atoms with E-state index in [1.54, 1.807) is 19.1 Å². The van der Waals surface area contributed by atoms with Crippen molar-refractivity contribution in [1.29, 1.82) is 0 Å². The molecule has 0 spiro atoms. The monoisotopic (exact) mass is 264 g/mol. The van der Waals surface area contributed by atoms with Gasteiger partial charge in [0.2, 0.25) is 5.91 Å². The Bertz CT molecular complexity index is 455. The van der Waals surface area contributed by atoms with Crippen molar-refractivity contribution < 1.29 is 9.53 Å². The standard InChI is InChI=1S/C15H24N2O2/c1-11-6-7-13(19-5)12(8-11)9-17(4)14(18)15(2,3)10-16/h6-8H,9-10,16H2,1-5H3. The number of ether oxygens (including phenoxy) is 1. The van der Waals surface area contributed by atoms with E-state index in [4.69, 9.17) is 10.5 Å². The molecule has 0 aliphatic rings. The molecule has 1 rings (SSSR count). The molecule has 0 heterocycles. The van der Waals surface area contributed by atoms with Gasteiger partial charge in [-0.1, -0.05) is 17.7 Å². The molecule has 1 aromatic carbocycles. The Hall–Kier alpha value is -1.55. The molecular formula is C15H24N2O2. The van der Waals surface area contributed by atoms with Crippen LogP contribution in [0, 0.1) is 12.3 Å². The summed E-state index contributed by atoms with van der Waals surface area (Å²) in [6.07, 6.45) is 0. The van der Waals surface area contributed by atoms with Gasteiger partial charge in [-0.25, -0.2) is 0 Å². The third-order valence-corrected chi connectivity index (χ3v) is 3.28. The molecule has 0 saturated carbocycles. The second-order valence-corrected chi connectivity index (χ2v) is 5.56. The fourth-order valence-electron chi connectivity index (χ4n) is 1.96. The largest absolute Gasteiger partial charge is 0.496 e. The summed E-state index contributed by atoms with van der Waals surface area (Å²) < 4.78 is 5.33. The second kappa shape index (κ2) is 6.06. The molecule has 2 N–H and O–H groups in total. The van der Waals surface area contributed by atoms with Crippen molar-refractivity contribution in [3.63, 3.8) is 0 Å². The van der Waals surface area contributed by atoms with Gasteiger partial charge in [0.05, 0.1) is 12.5 Å². The summed E-state index contributed by atoms with van der Waals surface area (Å²) in [5, 5.41) is 0. The average molecular weight is 264 g/mol. The van der Waals surface area contributed by atoms with Crippen LogP contribution in [0.5, 0.6) is 5.75 Å². The molecule has 0 aliphatic heterocycles. The van der Waals surface area contributed by atoms with Crippen molar-refractivity contribution in [2.75, 3.05) is 20.7 Å². The maximum absolute atomic E-state index is 12.3. The van der Waals surface area contributed by atoms with Gasteiger partial charge in [0.1, 0.15) is 5.75 Å². The Kier molecular flexibility index (Phi) is 4.95. The van der Waals surface area contributed by atoms with E-state index in [9.17, 15) is 4.79 Å². The molecule has 0 aromatic heterocycles. The van der Waals surface area contributed by atoms with Crippen LogP contribution >= 0.6 is 0 Å². The molecule has 106 valence electrons. The molecule has 4 nitrogen and oxygen atoms in total. The van der Waals surface area contributed by atoms with Crippen molar-refractivity contribution in [3.05, 3.63) is 29.3 Å². The van der Waals surface area contributed by atoms with Crippen LogP contribution in [0.2, 0.25) is 0 Å². The minimum absolute atomic E-state index is 0.0403. The fraction of sp³-hybridized carbons (Fsp3) is 0.533. The highest BCUT2D eigenvalue weighted by molar-refractivity contribution is 5.82. The van der Waals surface area contributed by atoms with E-state index >= 15 is 0 Å². The summed E-state index contributed by atoms with van der Waals surface area (Å²) in [5.74, 6) is 0.842. The molecule has 0 radical (unpaired) electrons. The van der Waals surface area contributed by atoms with E-state index < -0.39 is 5.41 Å². The van der Waals surface area contributed by atoms with Gasteiger partial charge in [-0.3, -0.25) is 4.79 Å². The third kappa shape index (κ3) is 3.70. The minimum atomic E-state index is -0.536. The summed E-state index contributed by atoms with van der Waals surface area (Å²) in [4.78, 5) is 14.0. The maximum Gasteiger partial charge on any atom is 0.229 e. The van der Waals surface area contributed by atoms with Gasteiger partial charge in [0.25, 0.3) is 0 Å². The molecule has 0 bridgehead atoms. The highest BCUT2D eigenvalue weighted by atomic mass is 16.5. The summed E-state index contributed by atoms with van der Waals surface area (Å²) in [6.45, 7) is 6.60. The quantitative estimate of drug-likeness (QED) is 0.884. The maximum atomic E-state index is 12.3. The lowest BCUT2D eigenvalue weighted by Crippen LogP contribution is -2.42. The van der Waals surface area contributed by atoms with E-state index in [1.165, 1.54) is 0 Å². The molecule has 4 heteroatoms. The molecule has 1 amide bonds. The zero-order valence-corrected chi connectivity index (χ0v) is 12.5. The van der Waals surface area contributed by atoms with E-state index in [2.05, 4.69) is 0 Å². The molecule has 1 aromatic rings. The van der Waals surface area contributed by atoms with Crippen molar-refractivity contribution >= 4 is 5.91 Å². The van der Waals surface area contributed by atoms with E-state index in [-0.39, 0.29) is 5.91 Å². The van der Waals surface area contributed by atoms with Gasteiger partial charge < -0.3 is 15.4 Å². The van der Waals surface area contributed by atoms with Crippen LogP contribution in [0.15, 0.2) is 18.2 Å². The van der Waals surface area contributed by atoms with Gasteiger partial charge in [0, 0.05) is 25.7 Å². The fourth-order valence-corrected chi connectivity index (χ4v) is 1.96. The van der Waals surface area contributed by atoms with Crippen LogP contribution in [0.25, 0.3) is 0 Å². The Morgan fingerprint density at radius 3 is 2.58 bits per heavy atom. The van der Waals surface area contributed by atoms with Crippen molar-refractivity contribution in [1.82, 2.24) is 4.90 Å². The number of carbonyl (C=O) groups is 1. The first kappa shape index (κ1) is 15.5. The third-order valence-electron chi connectivity index (χ3n) is 3.28. The highest BCUT2D eigenvalue weighted by Gasteiger charge is 2.29. The van der Waals surface area contributed by atoms with Gasteiger partial charge >= 0.3 is 0 Å². The Morgan fingerprint density at radius 1 is 1.42 bits per heavy atom. The molecule has 19 heavy (non-hydrogen) atoms. The first-order chi connectivity index (χ1) is 8.81. The van der Waals surface area contributed by atoms with E-state index in [1.807, 2.05) is 39.0 Å². The number of nitrogens with two attached hydrogens (primary N) is 1. The smallest absolute Gasteiger partial charge is 0.229 e. The zero-order chi connectivity index (χ0) is 14.6. The molecular weight excluding hydrogens is 240 g/mol. The SMILES string of the molecule is COc1ccc(C)cc1CN(C)C(=O)C(C)(C)CN. The van der Waals surface area contributed by atoms with Crippen LogP contribution in [-0.4, -0.2) is 31.5 Å². The summed E-state index contributed by atoms with van der Waals surface area (Å²) in [5.41, 5.74) is 7.26. The first-order valence-corrected chi connectivity index (χ1v) is 6.41. The van der Waals surface area contributed by atoms with E-state index in [0.717, 1.165) is 16.9 Å².